The Bertz CT molecular complexity index is 172. The first-order valence-electron chi connectivity index (χ1n) is 4.20. The second-order valence-corrected chi connectivity index (χ2v) is 2.44. The van der Waals surface area contributed by atoms with Gasteiger partial charge in [0.15, 0.2) is 0 Å². The second-order valence-electron chi connectivity index (χ2n) is 2.44. The molecule has 0 bridgehead atoms. The Morgan fingerprint density at radius 2 is 1.50 bits per heavy atom. The SMILES string of the molecule is CC.CC(C)c1ccncc1.O. The zero-order valence-electron chi connectivity index (χ0n) is 8.33. The summed E-state index contributed by atoms with van der Waals surface area (Å²) < 4.78 is 0. The zero-order valence-corrected chi connectivity index (χ0v) is 8.33. The van der Waals surface area contributed by atoms with Crippen molar-refractivity contribution in [2.45, 2.75) is 33.6 Å². The molecule has 2 nitrogen and oxygen atoms in total. The van der Waals surface area contributed by atoms with Crippen molar-refractivity contribution in [2.75, 3.05) is 0 Å². The van der Waals surface area contributed by atoms with Crippen molar-refractivity contribution in [3.05, 3.63) is 30.1 Å². The standard InChI is InChI=1S/C8H11N.C2H6.H2O/c1-7(2)8-3-5-9-6-4-8;1-2;/h3-7H,1-2H3;1-2H3;1H2. The second kappa shape index (κ2) is 8.21. The zero-order chi connectivity index (χ0) is 8.69. The van der Waals surface area contributed by atoms with Crippen LogP contribution in [-0.4, -0.2) is 10.5 Å². The summed E-state index contributed by atoms with van der Waals surface area (Å²) in [6.07, 6.45) is 3.66. The first kappa shape index (κ1) is 13.7. The molecule has 0 aromatic carbocycles. The third kappa shape index (κ3) is 4.85. The van der Waals surface area contributed by atoms with Crippen molar-refractivity contribution < 1.29 is 5.48 Å². The number of hydrogen-bond acceptors (Lipinski definition) is 1. The molecule has 2 heteroatoms. The van der Waals surface area contributed by atoms with Crippen LogP contribution in [-0.2, 0) is 0 Å². The summed E-state index contributed by atoms with van der Waals surface area (Å²) in [5.41, 5.74) is 1.35. The van der Waals surface area contributed by atoms with Crippen LogP contribution in [0.15, 0.2) is 24.5 Å². The highest BCUT2D eigenvalue weighted by Crippen LogP contribution is 2.10. The molecule has 1 rings (SSSR count). The monoisotopic (exact) mass is 169 g/mol. The van der Waals surface area contributed by atoms with Gasteiger partial charge in [0.25, 0.3) is 0 Å². The fourth-order valence-corrected chi connectivity index (χ4v) is 0.748. The van der Waals surface area contributed by atoms with Gasteiger partial charge in [0, 0.05) is 12.4 Å². The number of hydrogen-bond donors (Lipinski definition) is 0. The first-order valence-corrected chi connectivity index (χ1v) is 4.20. The average molecular weight is 169 g/mol. The largest absolute Gasteiger partial charge is 0.412 e. The summed E-state index contributed by atoms with van der Waals surface area (Å²) in [6, 6.07) is 4.09. The van der Waals surface area contributed by atoms with Crippen molar-refractivity contribution in [3.8, 4) is 0 Å². The molecule has 1 aromatic rings. The van der Waals surface area contributed by atoms with Gasteiger partial charge in [-0.15, -0.1) is 0 Å². The molecule has 12 heavy (non-hydrogen) atoms. The Kier molecular flexibility index (Phi) is 9.36. The highest BCUT2D eigenvalue weighted by Gasteiger charge is 1.93. The predicted molar refractivity (Wildman–Crippen MR) is 53.3 cm³/mol. The van der Waals surface area contributed by atoms with E-state index in [4.69, 9.17) is 0 Å². The fraction of sp³-hybridized carbons (Fsp3) is 0.500. The van der Waals surface area contributed by atoms with Crippen LogP contribution in [0, 0.1) is 0 Å². The van der Waals surface area contributed by atoms with Crippen LogP contribution < -0.4 is 0 Å². The molecule has 1 heterocycles. The summed E-state index contributed by atoms with van der Waals surface area (Å²) in [4.78, 5) is 3.93. The van der Waals surface area contributed by atoms with Crippen LogP contribution in [0.3, 0.4) is 0 Å². The van der Waals surface area contributed by atoms with Crippen LogP contribution in [0.2, 0.25) is 0 Å². The van der Waals surface area contributed by atoms with Gasteiger partial charge in [-0.25, -0.2) is 0 Å². The van der Waals surface area contributed by atoms with Crippen molar-refractivity contribution in [3.63, 3.8) is 0 Å². The lowest BCUT2D eigenvalue weighted by molar-refractivity contribution is 0.824. The van der Waals surface area contributed by atoms with Crippen molar-refractivity contribution in [1.29, 1.82) is 0 Å². The highest BCUT2D eigenvalue weighted by atomic mass is 16.0. The van der Waals surface area contributed by atoms with E-state index in [0.29, 0.717) is 5.92 Å². The Labute approximate surface area is 75.0 Å². The van der Waals surface area contributed by atoms with Crippen LogP contribution >= 0.6 is 0 Å². The van der Waals surface area contributed by atoms with Gasteiger partial charge in [-0.1, -0.05) is 27.7 Å². The maximum Gasteiger partial charge on any atom is 0.0270 e. The first-order chi connectivity index (χ1) is 5.30. The van der Waals surface area contributed by atoms with Gasteiger partial charge < -0.3 is 5.48 Å². The van der Waals surface area contributed by atoms with E-state index in [2.05, 4.69) is 18.8 Å². The topological polar surface area (TPSA) is 44.4 Å². The lowest BCUT2D eigenvalue weighted by Crippen LogP contribution is -1.85. The molecule has 2 N–H and O–H groups in total. The van der Waals surface area contributed by atoms with E-state index in [0.717, 1.165) is 0 Å². The molecule has 0 fully saturated rings. The van der Waals surface area contributed by atoms with Crippen LogP contribution in [0.1, 0.15) is 39.2 Å². The third-order valence-corrected chi connectivity index (χ3v) is 1.37. The van der Waals surface area contributed by atoms with E-state index in [-0.39, 0.29) is 5.48 Å². The average Bonchev–Trinajstić information content (AvgIpc) is 2.10. The minimum atomic E-state index is 0. The predicted octanol–water partition coefficient (Wildman–Crippen LogP) is 2.41. The summed E-state index contributed by atoms with van der Waals surface area (Å²) in [6.45, 7) is 8.35. The molecule has 0 amide bonds. The summed E-state index contributed by atoms with van der Waals surface area (Å²) in [5, 5.41) is 0. The lowest BCUT2D eigenvalue weighted by Gasteiger charge is -2.01. The van der Waals surface area contributed by atoms with Gasteiger partial charge >= 0.3 is 0 Å². The van der Waals surface area contributed by atoms with E-state index in [1.807, 2.05) is 38.4 Å². The highest BCUT2D eigenvalue weighted by molar-refractivity contribution is 5.13. The molecule has 0 atom stereocenters. The third-order valence-electron chi connectivity index (χ3n) is 1.37. The molecule has 0 spiro atoms. The van der Waals surface area contributed by atoms with Crippen LogP contribution in [0.25, 0.3) is 0 Å². The van der Waals surface area contributed by atoms with E-state index in [9.17, 15) is 0 Å². The number of rotatable bonds is 1. The summed E-state index contributed by atoms with van der Waals surface area (Å²) in [5.74, 6) is 0.619. The molecule has 0 aliphatic carbocycles. The Hall–Kier alpha value is -0.890. The molecule has 0 radical (unpaired) electrons. The van der Waals surface area contributed by atoms with Gasteiger partial charge in [-0.05, 0) is 23.6 Å². The quantitative estimate of drug-likeness (QED) is 0.636. The van der Waals surface area contributed by atoms with Crippen molar-refractivity contribution in [1.82, 2.24) is 4.98 Å². The molecular weight excluding hydrogens is 150 g/mol. The smallest absolute Gasteiger partial charge is 0.0270 e. The van der Waals surface area contributed by atoms with Crippen LogP contribution in [0.5, 0.6) is 0 Å². The lowest BCUT2D eigenvalue weighted by atomic mass is 10.1. The number of pyridine rings is 1. The minimum absolute atomic E-state index is 0. The summed E-state index contributed by atoms with van der Waals surface area (Å²) in [7, 11) is 0. The minimum Gasteiger partial charge on any atom is -0.412 e. The van der Waals surface area contributed by atoms with Gasteiger partial charge in [0.05, 0.1) is 0 Å². The van der Waals surface area contributed by atoms with E-state index in [1.165, 1.54) is 5.56 Å². The van der Waals surface area contributed by atoms with Crippen molar-refractivity contribution >= 4 is 0 Å². The fourth-order valence-electron chi connectivity index (χ4n) is 0.748. The Morgan fingerprint density at radius 3 is 1.75 bits per heavy atom. The number of aromatic nitrogens is 1. The van der Waals surface area contributed by atoms with Gasteiger partial charge in [-0.3, -0.25) is 4.98 Å². The maximum atomic E-state index is 3.93. The molecule has 0 unspecified atom stereocenters. The molecule has 0 aliphatic heterocycles. The Balaban J connectivity index is 0. The molecule has 0 saturated carbocycles. The van der Waals surface area contributed by atoms with E-state index < -0.39 is 0 Å². The summed E-state index contributed by atoms with van der Waals surface area (Å²) >= 11 is 0. The van der Waals surface area contributed by atoms with Gasteiger partial charge in [0.1, 0.15) is 0 Å². The van der Waals surface area contributed by atoms with Crippen LogP contribution in [0.4, 0.5) is 0 Å². The van der Waals surface area contributed by atoms with Gasteiger partial charge in [0.2, 0.25) is 0 Å². The maximum absolute atomic E-state index is 3.93. The molecule has 1 aromatic heterocycles. The molecule has 0 aliphatic rings. The van der Waals surface area contributed by atoms with Crippen molar-refractivity contribution in [2.24, 2.45) is 0 Å². The van der Waals surface area contributed by atoms with E-state index in [1.54, 1.807) is 0 Å². The molecule has 0 saturated heterocycles. The molecule has 70 valence electrons. The van der Waals surface area contributed by atoms with E-state index >= 15 is 0 Å². The number of nitrogens with zero attached hydrogens (tertiary/aromatic N) is 1. The Morgan fingerprint density at radius 1 is 1.08 bits per heavy atom. The molecular formula is C10H19NO. The normalized spacial score (nSPS) is 8.08. The van der Waals surface area contributed by atoms with Gasteiger partial charge in [-0.2, -0.15) is 0 Å².